The van der Waals surface area contributed by atoms with E-state index >= 15 is 0 Å². The quantitative estimate of drug-likeness (QED) is 0.895. The molecule has 2 aromatic rings. The average molecular weight is 258 g/mol. The number of amides is 1. The van der Waals surface area contributed by atoms with Crippen LogP contribution in [0.15, 0.2) is 36.9 Å². The molecule has 0 bridgehead atoms. The van der Waals surface area contributed by atoms with Crippen LogP contribution in [0.2, 0.25) is 0 Å². The van der Waals surface area contributed by atoms with Crippen LogP contribution in [-0.2, 0) is 11.3 Å². The van der Waals surface area contributed by atoms with Crippen LogP contribution >= 0.6 is 0 Å². The molecule has 1 aromatic carbocycles. The highest BCUT2D eigenvalue weighted by Crippen LogP contribution is 2.12. The second-order valence-electron chi connectivity index (χ2n) is 4.59. The molecule has 0 aliphatic heterocycles. The zero-order valence-corrected chi connectivity index (χ0v) is 11.2. The Morgan fingerprint density at radius 3 is 2.68 bits per heavy atom. The third-order valence-corrected chi connectivity index (χ3v) is 3.09. The Kier molecular flexibility index (Phi) is 4.28. The Morgan fingerprint density at radius 2 is 2.11 bits per heavy atom. The van der Waals surface area contributed by atoms with Gasteiger partial charge in [0.15, 0.2) is 0 Å². The number of nitrogens with one attached hydrogen (secondary N) is 1. The van der Waals surface area contributed by atoms with Gasteiger partial charge in [0.1, 0.15) is 12.7 Å². The first-order valence-electron chi connectivity index (χ1n) is 6.41. The van der Waals surface area contributed by atoms with E-state index in [1.807, 2.05) is 38.1 Å². The van der Waals surface area contributed by atoms with Gasteiger partial charge in [0, 0.05) is 11.6 Å². The van der Waals surface area contributed by atoms with E-state index in [-0.39, 0.29) is 11.8 Å². The van der Waals surface area contributed by atoms with Gasteiger partial charge in [0.2, 0.25) is 5.91 Å². The molecule has 1 unspecified atom stereocenters. The van der Waals surface area contributed by atoms with Crippen molar-refractivity contribution < 1.29 is 4.79 Å². The number of hydrogen-bond acceptors (Lipinski definition) is 3. The highest BCUT2D eigenvalue weighted by molar-refractivity contribution is 5.92. The molecule has 1 atom stereocenters. The molecule has 0 spiro atoms. The summed E-state index contributed by atoms with van der Waals surface area (Å²) in [5.41, 5.74) is 1.94. The Labute approximate surface area is 112 Å². The molecule has 100 valence electrons. The molecule has 0 saturated heterocycles. The third-order valence-electron chi connectivity index (χ3n) is 3.09. The van der Waals surface area contributed by atoms with Crippen molar-refractivity contribution in [2.24, 2.45) is 5.92 Å². The van der Waals surface area contributed by atoms with E-state index in [2.05, 4.69) is 15.4 Å². The average Bonchev–Trinajstić information content (AvgIpc) is 2.93. The summed E-state index contributed by atoms with van der Waals surface area (Å²) in [5.74, 6) is 0.0985. The second-order valence-corrected chi connectivity index (χ2v) is 4.59. The molecule has 0 aliphatic carbocycles. The van der Waals surface area contributed by atoms with Gasteiger partial charge in [0.25, 0.3) is 0 Å². The van der Waals surface area contributed by atoms with Crippen LogP contribution in [0.5, 0.6) is 0 Å². The Bertz CT molecular complexity index is 519. The number of hydrogen-bond donors (Lipinski definition) is 1. The lowest BCUT2D eigenvalue weighted by Crippen LogP contribution is -2.19. The fraction of sp³-hybridized carbons (Fsp3) is 0.357. The number of aromatic nitrogens is 3. The molecule has 5 heteroatoms. The molecule has 2 rings (SSSR count). The summed E-state index contributed by atoms with van der Waals surface area (Å²) < 4.78 is 1.76. The van der Waals surface area contributed by atoms with E-state index < -0.39 is 0 Å². The molecular weight excluding hydrogens is 240 g/mol. The molecule has 0 fully saturated rings. The largest absolute Gasteiger partial charge is 0.326 e. The monoisotopic (exact) mass is 258 g/mol. The molecule has 5 nitrogen and oxygen atoms in total. The maximum Gasteiger partial charge on any atom is 0.227 e. The maximum absolute atomic E-state index is 11.8. The van der Waals surface area contributed by atoms with E-state index in [0.717, 1.165) is 17.7 Å². The molecule has 1 N–H and O–H groups in total. The highest BCUT2D eigenvalue weighted by atomic mass is 16.1. The number of carbonyl (C=O) groups is 1. The van der Waals surface area contributed by atoms with Crippen molar-refractivity contribution in [2.75, 3.05) is 5.32 Å². The van der Waals surface area contributed by atoms with E-state index in [0.29, 0.717) is 6.54 Å². The first-order chi connectivity index (χ1) is 9.19. The number of anilines is 1. The van der Waals surface area contributed by atoms with Crippen LogP contribution in [0.4, 0.5) is 5.69 Å². The van der Waals surface area contributed by atoms with Crippen molar-refractivity contribution in [3.8, 4) is 0 Å². The second kappa shape index (κ2) is 6.13. The summed E-state index contributed by atoms with van der Waals surface area (Å²) in [7, 11) is 0. The fourth-order valence-corrected chi connectivity index (χ4v) is 1.65. The molecule has 1 heterocycles. The molecule has 1 aromatic heterocycles. The van der Waals surface area contributed by atoms with Gasteiger partial charge in [0.05, 0.1) is 6.54 Å². The summed E-state index contributed by atoms with van der Waals surface area (Å²) in [6.07, 6.45) is 4.04. The number of carbonyl (C=O) groups excluding carboxylic acids is 1. The van der Waals surface area contributed by atoms with Gasteiger partial charge in [-0.15, -0.1) is 0 Å². The summed E-state index contributed by atoms with van der Waals surface area (Å²) in [5, 5.41) is 6.96. The lowest BCUT2D eigenvalue weighted by atomic mass is 10.1. The normalized spacial score (nSPS) is 12.1. The first kappa shape index (κ1) is 13.3. The van der Waals surface area contributed by atoms with Gasteiger partial charge in [-0.1, -0.05) is 26.0 Å². The van der Waals surface area contributed by atoms with Crippen molar-refractivity contribution in [1.82, 2.24) is 14.8 Å². The van der Waals surface area contributed by atoms with Crippen LogP contribution in [0.3, 0.4) is 0 Å². The van der Waals surface area contributed by atoms with E-state index in [4.69, 9.17) is 0 Å². The van der Waals surface area contributed by atoms with E-state index in [1.54, 1.807) is 11.0 Å². The molecule has 0 saturated carbocycles. The number of nitrogens with zero attached hydrogens (tertiary/aromatic N) is 3. The van der Waals surface area contributed by atoms with E-state index in [1.165, 1.54) is 6.33 Å². The predicted octanol–water partition coefficient (Wildman–Crippen LogP) is 2.31. The topological polar surface area (TPSA) is 59.8 Å². The molecule has 19 heavy (non-hydrogen) atoms. The maximum atomic E-state index is 11.8. The van der Waals surface area contributed by atoms with Crippen LogP contribution in [0.25, 0.3) is 0 Å². The Hall–Kier alpha value is -2.17. The van der Waals surface area contributed by atoms with Gasteiger partial charge in [-0.3, -0.25) is 4.79 Å². The first-order valence-corrected chi connectivity index (χ1v) is 6.41. The van der Waals surface area contributed by atoms with Crippen LogP contribution in [-0.4, -0.2) is 20.7 Å². The summed E-state index contributed by atoms with van der Waals surface area (Å²) in [6.45, 7) is 4.61. The van der Waals surface area contributed by atoms with Crippen molar-refractivity contribution in [1.29, 1.82) is 0 Å². The van der Waals surface area contributed by atoms with Gasteiger partial charge in [-0.25, -0.2) is 9.67 Å². The minimum Gasteiger partial charge on any atom is -0.326 e. The van der Waals surface area contributed by atoms with Crippen molar-refractivity contribution >= 4 is 11.6 Å². The van der Waals surface area contributed by atoms with Crippen LogP contribution < -0.4 is 5.32 Å². The van der Waals surface area contributed by atoms with Gasteiger partial charge < -0.3 is 5.32 Å². The van der Waals surface area contributed by atoms with Crippen LogP contribution in [0, 0.1) is 5.92 Å². The van der Waals surface area contributed by atoms with E-state index in [9.17, 15) is 4.79 Å². The summed E-state index contributed by atoms with van der Waals surface area (Å²) in [6, 6.07) is 7.78. The van der Waals surface area contributed by atoms with Crippen molar-refractivity contribution in [3.63, 3.8) is 0 Å². The summed E-state index contributed by atoms with van der Waals surface area (Å²) in [4.78, 5) is 15.7. The van der Waals surface area contributed by atoms with Crippen LogP contribution in [0.1, 0.15) is 25.8 Å². The predicted molar refractivity (Wildman–Crippen MR) is 73.7 cm³/mol. The lowest BCUT2D eigenvalue weighted by Gasteiger charge is -2.10. The zero-order valence-electron chi connectivity index (χ0n) is 11.2. The third kappa shape index (κ3) is 3.64. The lowest BCUT2D eigenvalue weighted by molar-refractivity contribution is -0.119. The molecule has 0 radical (unpaired) electrons. The SMILES string of the molecule is CCC(C)C(=O)Nc1ccc(Cn2cncn2)cc1. The molecule has 0 aliphatic rings. The number of rotatable bonds is 5. The summed E-state index contributed by atoms with van der Waals surface area (Å²) >= 11 is 0. The van der Waals surface area contributed by atoms with Crippen molar-refractivity contribution in [2.45, 2.75) is 26.8 Å². The minimum atomic E-state index is 0.0369. The van der Waals surface area contributed by atoms with Gasteiger partial charge in [-0.05, 0) is 24.1 Å². The fourth-order valence-electron chi connectivity index (χ4n) is 1.65. The highest BCUT2D eigenvalue weighted by Gasteiger charge is 2.10. The Morgan fingerprint density at radius 1 is 1.37 bits per heavy atom. The smallest absolute Gasteiger partial charge is 0.227 e. The van der Waals surface area contributed by atoms with Gasteiger partial charge >= 0.3 is 0 Å². The Balaban J connectivity index is 1.96. The molecular formula is C14H18N4O. The number of benzene rings is 1. The minimum absolute atomic E-state index is 0.0369. The molecule has 1 amide bonds. The van der Waals surface area contributed by atoms with Crippen molar-refractivity contribution in [3.05, 3.63) is 42.5 Å². The van der Waals surface area contributed by atoms with Gasteiger partial charge in [-0.2, -0.15) is 5.10 Å². The zero-order chi connectivity index (χ0) is 13.7. The standard InChI is InChI=1S/C14H18N4O/c1-3-11(2)14(19)17-13-6-4-12(5-7-13)8-18-10-15-9-16-18/h4-7,9-11H,3,8H2,1-2H3,(H,17,19).